The van der Waals surface area contributed by atoms with E-state index in [1.807, 2.05) is 6.07 Å². The molecule has 0 radical (unpaired) electrons. The monoisotopic (exact) mass is 416 g/mol. The van der Waals surface area contributed by atoms with Crippen LogP contribution < -0.4 is 10.6 Å². The summed E-state index contributed by atoms with van der Waals surface area (Å²) in [6.45, 7) is 0.502. The molecule has 0 spiro atoms. The molecule has 1 fully saturated rings. The third-order valence-corrected chi connectivity index (χ3v) is 6.20. The van der Waals surface area contributed by atoms with Gasteiger partial charge in [0.25, 0.3) is 0 Å². The molecule has 0 unspecified atom stereocenters. The molecule has 1 saturated carbocycles. The SMILES string of the molecule is O=C(NCc1ccc2sccc2c1)[C@H]1CC[C@@H](O)[C@H](Nc2ncc(Cl)cn2)C1. The fourth-order valence-electron chi connectivity index (χ4n) is 3.56. The van der Waals surface area contributed by atoms with Crippen molar-refractivity contribution in [1.29, 1.82) is 0 Å². The number of aliphatic hydroxyl groups is 1. The van der Waals surface area contributed by atoms with Gasteiger partial charge in [-0.3, -0.25) is 4.79 Å². The van der Waals surface area contributed by atoms with Crippen LogP contribution in [0.4, 0.5) is 5.95 Å². The van der Waals surface area contributed by atoms with Crippen LogP contribution in [0.25, 0.3) is 10.1 Å². The maximum absolute atomic E-state index is 12.7. The lowest BCUT2D eigenvalue weighted by molar-refractivity contribution is -0.126. The van der Waals surface area contributed by atoms with Gasteiger partial charge in [-0.1, -0.05) is 17.7 Å². The molecule has 2 aromatic heterocycles. The summed E-state index contributed by atoms with van der Waals surface area (Å²) < 4.78 is 1.25. The second-order valence-electron chi connectivity index (χ2n) is 7.06. The summed E-state index contributed by atoms with van der Waals surface area (Å²) in [5.74, 6) is 0.262. The minimum Gasteiger partial charge on any atom is -0.391 e. The highest BCUT2D eigenvalue weighted by molar-refractivity contribution is 7.17. The molecule has 8 heteroatoms. The number of benzene rings is 1. The average Bonchev–Trinajstić information content (AvgIpc) is 3.17. The second-order valence-corrected chi connectivity index (χ2v) is 8.45. The van der Waals surface area contributed by atoms with E-state index in [2.05, 4.69) is 44.2 Å². The number of rotatable bonds is 5. The van der Waals surface area contributed by atoms with Gasteiger partial charge >= 0.3 is 0 Å². The van der Waals surface area contributed by atoms with Crippen LogP contribution in [0.5, 0.6) is 0 Å². The minimum atomic E-state index is -0.538. The Kier molecular flexibility index (Phi) is 5.75. The van der Waals surface area contributed by atoms with Crippen LogP contribution in [0.3, 0.4) is 0 Å². The number of amides is 1. The predicted octanol–water partition coefficient (Wildman–Crippen LogP) is 3.60. The normalized spacial score (nSPS) is 22.1. The first-order chi connectivity index (χ1) is 13.6. The third-order valence-electron chi connectivity index (χ3n) is 5.10. The van der Waals surface area contributed by atoms with Crippen LogP contribution in [0.1, 0.15) is 24.8 Å². The third kappa shape index (κ3) is 4.43. The van der Waals surface area contributed by atoms with E-state index < -0.39 is 6.10 Å². The Morgan fingerprint density at radius 1 is 1.25 bits per heavy atom. The van der Waals surface area contributed by atoms with Crippen LogP contribution in [0.2, 0.25) is 5.02 Å². The zero-order valence-electron chi connectivity index (χ0n) is 15.1. The Labute approximate surface area is 172 Å². The summed E-state index contributed by atoms with van der Waals surface area (Å²) in [5, 5.41) is 20.2. The Hall–Kier alpha value is -2.22. The topological polar surface area (TPSA) is 87.1 Å². The number of anilines is 1. The summed E-state index contributed by atoms with van der Waals surface area (Å²) in [7, 11) is 0. The number of fused-ring (bicyclic) bond motifs is 1. The molecular formula is C20H21ClN4O2S. The molecule has 3 aromatic rings. The fraction of sp³-hybridized carbons (Fsp3) is 0.350. The molecule has 0 saturated heterocycles. The molecule has 3 atom stereocenters. The molecule has 1 aromatic carbocycles. The zero-order chi connectivity index (χ0) is 19.5. The van der Waals surface area contributed by atoms with Gasteiger partial charge in [-0.2, -0.15) is 0 Å². The van der Waals surface area contributed by atoms with Gasteiger partial charge in [0.05, 0.1) is 29.6 Å². The largest absolute Gasteiger partial charge is 0.391 e. The number of thiophene rings is 1. The van der Waals surface area contributed by atoms with Gasteiger partial charge < -0.3 is 15.7 Å². The Morgan fingerprint density at radius 3 is 2.89 bits per heavy atom. The number of aromatic nitrogens is 2. The molecule has 4 rings (SSSR count). The molecule has 3 N–H and O–H groups in total. The van der Waals surface area contributed by atoms with E-state index in [1.54, 1.807) is 11.3 Å². The Morgan fingerprint density at radius 2 is 2.07 bits per heavy atom. The van der Waals surface area contributed by atoms with Gasteiger partial charge in [0, 0.05) is 17.2 Å². The van der Waals surface area contributed by atoms with Crippen molar-refractivity contribution in [3.05, 3.63) is 52.6 Å². The van der Waals surface area contributed by atoms with Crippen molar-refractivity contribution in [2.24, 2.45) is 5.92 Å². The van der Waals surface area contributed by atoms with Crippen molar-refractivity contribution in [3.63, 3.8) is 0 Å². The highest BCUT2D eigenvalue weighted by atomic mass is 35.5. The molecule has 146 valence electrons. The fourth-order valence-corrected chi connectivity index (χ4v) is 4.43. The molecule has 2 heterocycles. The minimum absolute atomic E-state index is 0.0149. The van der Waals surface area contributed by atoms with Crippen molar-refractivity contribution in [2.75, 3.05) is 5.32 Å². The lowest BCUT2D eigenvalue weighted by Crippen LogP contribution is -2.44. The number of hydrogen-bond acceptors (Lipinski definition) is 6. The van der Waals surface area contributed by atoms with Gasteiger partial charge in [-0.25, -0.2) is 9.97 Å². The Bertz CT molecular complexity index is 962. The van der Waals surface area contributed by atoms with E-state index in [0.29, 0.717) is 36.8 Å². The first-order valence-corrected chi connectivity index (χ1v) is 10.5. The molecule has 1 aliphatic rings. The first kappa shape index (κ1) is 19.1. The number of halogens is 1. The van der Waals surface area contributed by atoms with Crippen LogP contribution >= 0.6 is 22.9 Å². The second kappa shape index (κ2) is 8.43. The van der Waals surface area contributed by atoms with E-state index in [9.17, 15) is 9.90 Å². The van der Waals surface area contributed by atoms with Crippen molar-refractivity contribution in [1.82, 2.24) is 15.3 Å². The lowest BCUT2D eigenvalue weighted by atomic mass is 9.83. The van der Waals surface area contributed by atoms with E-state index in [1.165, 1.54) is 22.5 Å². The predicted molar refractivity (Wildman–Crippen MR) is 111 cm³/mol. The molecular weight excluding hydrogens is 396 g/mol. The highest BCUT2D eigenvalue weighted by Crippen LogP contribution is 2.27. The van der Waals surface area contributed by atoms with Gasteiger partial charge in [0.15, 0.2) is 0 Å². The number of nitrogens with one attached hydrogen (secondary N) is 2. The summed E-state index contributed by atoms with van der Waals surface area (Å²) in [4.78, 5) is 20.9. The van der Waals surface area contributed by atoms with Gasteiger partial charge in [-0.05, 0) is 53.8 Å². The van der Waals surface area contributed by atoms with E-state index >= 15 is 0 Å². The summed E-state index contributed by atoms with van der Waals surface area (Å²) >= 11 is 7.51. The summed E-state index contributed by atoms with van der Waals surface area (Å²) in [6, 6.07) is 8.06. The lowest BCUT2D eigenvalue weighted by Gasteiger charge is -2.33. The molecule has 0 bridgehead atoms. The van der Waals surface area contributed by atoms with E-state index in [-0.39, 0.29) is 17.9 Å². The smallest absolute Gasteiger partial charge is 0.223 e. The number of aliphatic hydroxyl groups excluding tert-OH is 1. The number of carbonyl (C=O) groups excluding carboxylic acids is 1. The van der Waals surface area contributed by atoms with Gasteiger partial charge in [0.2, 0.25) is 11.9 Å². The van der Waals surface area contributed by atoms with Crippen LogP contribution in [0, 0.1) is 5.92 Å². The van der Waals surface area contributed by atoms with Crippen molar-refractivity contribution < 1.29 is 9.90 Å². The average molecular weight is 417 g/mol. The number of nitrogens with zero attached hydrogens (tertiary/aromatic N) is 2. The van der Waals surface area contributed by atoms with Crippen LogP contribution in [-0.4, -0.2) is 33.1 Å². The zero-order valence-corrected chi connectivity index (χ0v) is 16.7. The highest BCUT2D eigenvalue weighted by Gasteiger charge is 2.33. The standard InChI is InChI=1S/C20H21ClN4O2S/c21-15-10-23-20(24-11-15)25-16-8-14(2-3-17(16)26)19(27)22-9-12-1-4-18-13(7-12)5-6-28-18/h1,4-7,10-11,14,16-17,26H,2-3,8-9H2,(H,22,27)(H,23,24,25)/t14-,16+,17+/m0/s1. The summed E-state index contributed by atoms with van der Waals surface area (Å²) in [6.07, 6.45) is 4.22. The molecule has 0 aliphatic heterocycles. The first-order valence-electron chi connectivity index (χ1n) is 9.24. The molecule has 6 nitrogen and oxygen atoms in total. The number of hydrogen-bond donors (Lipinski definition) is 3. The maximum atomic E-state index is 12.7. The van der Waals surface area contributed by atoms with Gasteiger partial charge in [-0.15, -0.1) is 11.3 Å². The summed E-state index contributed by atoms with van der Waals surface area (Å²) in [5.41, 5.74) is 1.08. The van der Waals surface area contributed by atoms with Crippen LogP contribution in [-0.2, 0) is 11.3 Å². The van der Waals surface area contributed by atoms with Crippen molar-refractivity contribution in [3.8, 4) is 0 Å². The molecule has 28 heavy (non-hydrogen) atoms. The van der Waals surface area contributed by atoms with E-state index in [4.69, 9.17) is 11.6 Å². The number of carbonyl (C=O) groups is 1. The van der Waals surface area contributed by atoms with Gasteiger partial charge in [0.1, 0.15) is 0 Å². The molecule has 1 amide bonds. The quantitative estimate of drug-likeness (QED) is 0.591. The van der Waals surface area contributed by atoms with E-state index in [0.717, 1.165) is 5.56 Å². The van der Waals surface area contributed by atoms with Crippen molar-refractivity contribution in [2.45, 2.75) is 38.0 Å². The van der Waals surface area contributed by atoms with Crippen LogP contribution in [0.15, 0.2) is 42.0 Å². The maximum Gasteiger partial charge on any atom is 0.223 e. The molecule has 1 aliphatic carbocycles. The Balaban J connectivity index is 1.34. The van der Waals surface area contributed by atoms with Crippen molar-refractivity contribution >= 4 is 44.9 Å².